The second-order valence-electron chi connectivity index (χ2n) is 5.85. The SMILES string of the molecule is CN1CCN(CC(=O)Nc2ccc3c(c2)CCCO3)CC1=O. The number of aryl methyl sites for hydroxylation is 1. The summed E-state index contributed by atoms with van der Waals surface area (Å²) in [6, 6.07) is 5.74. The van der Waals surface area contributed by atoms with Gasteiger partial charge in [0.2, 0.25) is 11.8 Å². The number of carbonyl (C=O) groups is 2. The van der Waals surface area contributed by atoms with Gasteiger partial charge in [0.1, 0.15) is 5.75 Å². The number of piperazine rings is 1. The van der Waals surface area contributed by atoms with E-state index in [1.165, 1.54) is 0 Å². The van der Waals surface area contributed by atoms with Crippen LogP contribution in [0.1, 0.15) is 12.0 Å². The fraction of sp³-hybridized carbons (Fsp3) is 0.500. The first kappa shape index (κ1) is 14.8. The molecule has 1 fully saturated rings. The van der Waals surface area contributed by atoms with Gasteiger partial charge in [0, 0.05) is 25.8 Å². The van der Waals surface area contributed by atoms with Gasteiger partial charge in [-0.25, -0.2) is 0 Å². The van der Waals surface area contributed by atoms with Crippen LogP contribution in [0, 0.1) is 0 Å². The van der Waals surface area contributed by atoms with Crippen LogP contribution < -0.4 is 10.1 Å². The molecule has 1 aromatic rings. The third-order valence-electron chi connectivity index (χ3n) is 4.10. The fourth-order valence-corrected chi connectivity index (χ4v) is 2.78. The first-order valence-corrected chi connectivity index (χ1v) is 7.64. The Bertz CT molecular complexity index is 588. The topological polar surface area (TPSA) is 61.9 Å². The minimum Gasteiger partial charge on any atom is -0.493 e. The summed E-state index contributed by atoms with van der Waals surface area (Å²) in [7, 11) is 1.79. The zero-order chi connectivity index (χ0) is 15.5. The van der Waals surface area contributed by atoms with Crippen molar-refractivity contribution in [2.24, 2.45) is 0 Å². The van der Waals surface area contributed by atoms with Gasteiger partial charge in [0.25, 0.3) is 0 Å². The van der Waals surface area contributed by atoms with E-state index in [-0.39, 0.29) is 18.4 Å². The number of likely N-dealkylation sites (N-methyl/N-ethyl adjacent to an activating group) is 1. The number of carbonyl (C=O) groups excluding carboxylic acids is 2. The van der Waals surface area contributed by atoms with Gasteiger partial charge in [-0.3, -0.25) is 14.5 Å². The van der Waals surface area contributed by atoms with E-state index in [4.69, 9.17) is 4.74 Å². The summed E-state index contributed by atoms with van der Waals surface area (Å²) in [4.78, 5) is 27.3. The standard InChI is InChI=1S/C16H21N3O3/c1-18-6-7-19(11-16(18)21)10-15(20)17-13-4-5-14-12(9-13)3-2-8-22-14/h4-5,9H,2-3,6-8,10-11H2,1H3,(H,17,20). The predicted octanol–water partition coefficient (Wildman–Crippen LogP) is 0.724. The molecule has 0 saturated carbocycles. The van der Waals surface area contributed by atoms with E-state index in [1.807, 2.05) is 23.1 Å². The molecule has 1 N–H and O–H groups in total. The predicted molar refractivity (Wildman–Crippen MR) is 83.0 cm³/mol. The molecule has 0 radical (unpaired) electrons. The van der Waals surface area contributed by atoms with Crippen LogP contribution in [0.25, 0.3) is 0 Å². The fourth-order valence-electron chi connectivity index (χ4n) is 2.78. The highest BCUT2D eigenvalue weighted by atomic mass is 16.5. The molecule has 2 amide bonds. The Morgan fingerprint density at radius 1 is 1.36 bits per heavy atom. The molecule has 0 aliphatic carbocycles. The van der Waals surface area contributed by atoms with Crippen molar-refractivity contribution < 1.29 is 14.3 Å². The molecular formula is C16H21N3O3. The Hall–Kier alpha value is -2.08. The molecule has 1 aromatic carbocycles. The highest BCUT2D eigenvalue weighted by Crippen LogP contribution is 2.27. The lowest BCUT2D eigenvalue weighted by molar-refractivity contribution is -0.135. The maximum atomic E-state index is 12.1. The second-order valence-corrected chi connectivity index (χ2v) is 5.85. The summed E-state index contributed by atoms with van der Waals surface area (Å²) < 4.78 is 5.56. The lowest BCUT2D eigenvalue weighted by Gasteiger charge is -2.31. The summed E-state index contributed by atoms with van der Waals surface area (Å²) >= 11 is 0. The Morgan fingerprint density at radius 3 is 3.05 bits per heavy atom. The van der Waals surface area contributed by atoms with Crippen molar-refractivity contribution in [2.45, 2.75) is 12.8 Å². The Balaban J connectivity index is 1.56. The van der Waals surface area contributed by atoms with E-state index in [0.717, 1.165) is 43.0 Å². The first-order valence-electron chi connectivity index (χ1n) is 7.64. The van der Waals surface area contributed by atoms with Crippen LogP contribution in [-0.2, 0) is 16.0 Å². The highest BCUT2D eigenvalue weighted by molar-refractivity contribution is 5.93. The summed E-state index contributed by atoms with van der Waals surface area (Å²) in [6.07, 6.45) is 1.99. The van der Waals surface area contributed by atoms with E-state index in [9.17, 15) is 9.59 Å². The van der Waals surface area contributed by atoms with Crippen molar-refractivity contribution in [1.29, 1.82) is 0 Å². The molecule has 0 atom stereocenters. The van der Waals surface area contributed by atoms with Crippen LogP contribution in [0.2, 0.25) is 0 Å². The number of ether oxygens (including phenoxy) is 1. The smallest absolute Gasteiger partial charge is 0.238 e. The van der Waals surface area contributed by atoms with Gasteiger partial charge in [0.05, 0.1) is 19.7 Å². The summed E-state index contributed by atoms with van der Waals surface area (Å²) in [5.41, 5.74) is 1.92. The lowest BCUT2D eigenvalue weighted by atomic mass is 10.1. The van der Waals surface area contributed by atoms with E-state index in [2.05, 4.69) is 5.32 Å². The van der Waals surface area contributed by atoms with Gasteiger partial charge in [-0.05, 0) is 36.6 Å². The minimum atomic E-state index is -0.0889. The number of hydrogen-bond acceptors (Lipinski definition) is 4. The van der Waals surface area contributed by atoms with E-state index >= 15 is 0 Å². The van der Waals surface area contributed by atoms with Crippen LogP contribution in [0.3, 0.4) is 0 Å². The number of rotatable bonds is 3. The molecule has 1 saturated heterocycles. The van der Waals surface area contributed by atoms with Crippen LogP contribution in [0.15, 0.2) is 18.2 Å². The quantitative estimate of drug-likeness (QED) is 0.894. The van der Waals surface area contributed by atoms with E-state index in [1.54, 1.807) is 11.9 Å². The second kappa shape index (κ2) is 6.36. The molecule has 0 spiro atoms. The molecule has 0 unspecified atom stereocenters. The zero-order valence-electron chi connectivity index (χ0n) is 12.8. The molecular weight excluding hydrogens is 282 g/mol. The summed E-state index contributed by atoms with van der Waals surface area (Å²) in [6.45, 7) is 2.71. The van der Waals surface area contributed by atoms with Crippen LogP contribution in [0.4, 0.5) is 5.69 Å². The third kappa shape index (κ3) is 3.39. The van der Waals surface area contributed by atoms with E-state index < -0.39 is 0 Å². The monoisotopic (exact) mass is 303 g/mol. The number of benzene rings is 1. The van der Waals surface area contributed by atoms with Crippen molar-refractivity contribution in [2.75, 3.05) is 45.2 Å². The molecule has 2 heterocycles. The van der Waals surface area contributed by atoms with Gasteiger partial charge in [-0.1, -0.05) is 0 Å². The third-order valence-corrected chi connectivity index (χ3v) is 4.10. The Morgan fingerprint density at radius 2 is 2.23 bits per heavy atom. The maximum absolute atomic E-state index is 12.1. The zero-order valence-corrected chi connectivity index (χ0v) is 12.8. The maximum Gasteiger partial charge on any atom is 0.238 e. The first-order chi connectivity index (χ1) is 10.6. The average Bonchev–Trinajstić information content (AvgIpc) is 2.51. The minimum absolute atomic E-state index is 0.0602. The molecule has 2 aliphatic heterocycles. The average molecular weight is 303 g/mol. The van der Waals surface area contributed by atoms with Crippen LogP contribution >= 0.6 is 0 Å². The van der Waals surface area contributed by atoms with Crippen molar-refractivity contribution in [1.82, 2.24) is 9.80 Å². The number of nitrogens with zero attached hydrogens (tertiary/aromatic N) is 2. The highest BCUT2D eigenvalue weighted by Gasteiger charge is 2.22. The van der Waals surface area contributed by atoms with Gasteiger partial charge in [-0.2, -0.15) is 0 Å². The number of hydrogen-bond donors (Lipinski definition) is 1. The lowest BCUT2D eigenvalue weighted by Crippen LogP contribution is -2.50. The van der Waals surface area contributed by atoms with Crippen LogP contribution in [-0.4, -0.2) is 61.4 Å². The Labute approximate surface area is 130 Å². The molecule has 0 bridgehead atoms. The number of amides is 2. The molecule has 0 aromatic heterocycles. The van der Waals surface area contributed by atoms with Crippen molar-refractivity contribution >= 4 is 17.5 Å². The van der Waals surface area contributed by atoms with Gasteiger partial charge in [0.15, 0.2) is 0 Å². The molecule has 22 heavy (non-hydrogen) atoms. The van der Waals surface area contributed by atoms with Gasteiger partial charge < -0.3 is 15.0 Å². The number of fused-ring (bicyclic) bond motifs is 1. The summed E-state index contributed by atoms with van der Waals surface area (Å²) in [5.74, 6) is 0.882. The van der Waals surface area contributed by atoms with Crippen molar-refractivity contribution in [3.05, 3.63) is 23.8 Å². The van der Waals surface area contributed by atoms with Crippen LogP contribution in [0.5, 0.6) is 5.75 Å². The number of nitrogens with one attached hydrogen (secondary N) is 1. The molecule has 3 rings (SSSR count). The molecule has 118 valence electrons. The Kier molecular flexibility index (Phi) is 4.29. The number of anilines is 1. The largest absolute Gasteiger partial charge is 0.493 e. The van der Waals surface area contributed by atoms with Crippen molar-refractivity contribution in [3.63, 3.8) is 0 Å². The van der Waals surface area contributed by atoms with Crippen molar-refractivity contribution in [3.8, 4) is 5.75 Å². The molecule has 2 aliphatic rings. The van der Waals surface area contributed by atoms with E-state index in [0.29, 0.717) is 13.1 Å². The molecule has 6 nitrogen and oxygen atoms in total. The van der Waals surface area contributed by atoms with Gasteiger partial charge in [-0.15, -0.1) is 0 Å². The molecule has 6 heteroatoms. The summed E-state index contributed by atoms with van der Waals surface area (Å²) in [5, 5.41) is 2.90. The van der Waals surface area contributed by atoms with Gasteiger partial charge >= 0.3 is 0 Å². The normalized spacial score (nSPS) is 18.6.